The van der Waals surface area contributed by atoms with Crippen LogP contribution in [0, 0.1) is 0 Å². The maximum absolute atomic E-state index is 12.2. The van der Waals surface area contributed by atoms with E-state index < -0.39 is 0 Å². The van der Waals surface area contributed by atoms with E-state index in [0.29, 0.717) is 44.0 Å². The zero-order chi connectivity index (χ0) is 17.6. The van der Waals surface area contributed by atoms with Crippen molar-refractivity contribution in [2.45, 2.75) is 6.42 Å². The molecule has 0 saturated carbocycles. The van der Waals surface area contributed by atoms with Crippen LogP contribution in [0.5, 0.6) is 0 Å². The van der Waals surface area contributed by atoms with Gasteiger partial charge in [-0.1, -0.05) is 23.7 Å². The molecule has 0 spiro atoms. The number of ether oxygens (including phenoxy) is 1. The number of rotatable bonds is 4. The van der Waals surface area contributed by atoms with Crippen molar-refractivity contribution in [2.75, 3.05) is 31.6 Å². The predicted molar refractivity (Wildman–Crippen MR) is 94.7 cm³/mol. The molecule has 1 aromatic heterocycles. The molecule has 7 heteroatoms. The smallest absolute Gasteiger partial charge is 0.255 e. The number of amides is 2. The molecule has 0 unspecified atom stereocenters. The molecule has 130 valence electrons. The van der Waals surface area contributed by atoms with Crippen LogP contribution in [0.3, 0.4) is 0 Å². The Hall–Kier alpha value is -2.44. The zero-order valence-corrected chi connectivity index (χ0v) is 14.3. The minimum atomic E-state index is -0.263. The number of anilines is 1. The Kier molecular flexibility index (Phi) is 5.63. The zero-order valence-electron chi connectivity index (χ0n) is 13.6. The lowest BCUT2D eigenvalue weighted by atomic mass is 10.1. The maximum Gasteiger partial charge on any atom is 0.255 e. The topological polar surface area (TPSA) is 71.5 Å². The normalized spacial score (nSPS) is 14.2. The SMILES string of the molecule is O=C(Nc1ccc(CC(=O)N2CCOCC2)cc1)c1ccnc(Cl)c1. The lowest BCUT2D eigenvalue weighted by Gasteiger charge is -2.26. The average molecular weight is 360 g/mol. The van der Waals surface area contributed by atoms with E-state index in [-0.39, 0.29) is 17.0 Å². The number of aromatic nitrogens is 1. The van der Waals surface area contributed by atoms with Crippen LogP contribution in [0.4, 0.5) is 5.69 Å². The van der Waals surface area contributed by atoms with Gasteiger partial charge in [-0.2, -0.15) is 0 Å². The molecule has 0 bridgehead atoms. The van der Waals surface area contributed by atoms with Gasteiger partial charge in [-0.25, -0.2) is 4.98 Å². The summed E-state index contributed by atoms with van der Waals surface area (Å²) in [6.45, 7) is 2.47. The van der Waals surface area contributed by atoms with Crippen LogP contribution < -0.4 is 5.32 Å². The van der Waals surface area contributed by atoms with Crippen molar-refractivity contribution < 1.29 is 14.3 Å². The van der Waals surface area contributed by atoms with Gasteiger partial charge in [0.15, 0.2) is 0 Å². The quantitative estimate of drug-likeness (QED) is 0.851. The van der Waals surface area contributed by atoms with Crippen LogP contribution in [0.15, 0.2) is 42.6 Å². The highest BCUT2D eigenvalue weighted by Gasteiger charge is 2.17. The Morgan fingerprint density at radius 1 is 1.16 bits per heavy atom. The number of benzene rings is 1. The number of carbonyl (C=O) groups is 2. The molecule has 2 aromatic rings. The van der Waals surface area contributed by atoms with E-state index in [9.17, 15) is 9.59 Å². The summed E-state index contributed by atoms with van der Waals surface area (Å²) in [7, 11) is 0. The maximum atomic E-state index is 12.2. The van der Waals surface area contributed by atoms with Crippen molar-refractivity contribution in [3.63, 3.8) is 0 Å². The van der Waals surface area contributed by atoms with E-state index >= 15 is 0 Å². The summed E-state index contributed by atoms with van der Waals surface area (Å²) in [5.74, 6) is -0.173. The summed E-state index contributed by atoms with van der Waals surface area (Å²) in [6.07, 6.45) is 1.83. The molecule has 2 heterocycles. The molecule has 0 atom stereocenters. The second kappa shape index (κ2) is 8.09. The fraction of sp³-hybridized carbons (Fsp3) is 0.278. The molecule has 2 amide bonds. The van der Waals surface area contributed by atoms with E-state index in [4.69, 9.17) is 16.3 Å². The number of hydrogen-bond donors (Lipinski definition) is 1. The van der Waals surface area contributed by atoms with Crippen molar-refractivity contribution >= 4 is 29.1 Å². The summed E-state index contributed by atoms with van der Waals surface area (Å²) in [4.78, 5) is 30.1. The Morgan fingerprint density at radius 2 is 1.88 bits per heavy atom. The van der Waals surface area contributed by atoms with Gasteiger partial charge in [0.1, 0.15) is 5.15 Å². The summed E-state index contributed by atoms with van der Waals surface area (Å²) < 4.78 is 5.25. The molecule has 1 aliphatic heterocycles. The summed E-state index contributed by atoms with van der Waals surface area (Å²) in [6, 6.07) is 10.3. The Morgan fingerprint density at radius 3 is 2.56 bits per heavy atom. The lowest BCUT2D eigenvalue weighted by Crippen LogP contribution is -2.41. The highest BCUT2D eigenvalue weighted by Crippen LogP contribution is 2.14. The minimum Gasteiger partial charge on any atom is -0.378 e. The first-order valence-corrected chi connectivity index (χ1v) is 8.37. The molecule has 1 N–H and O–H groups in total. The van der Waals surface area contributed by atoms with Crippen LogP contribution in [0.1, 0.15) is 15.9 Å². The van der Waals surface area contributed by atoms with E-state index in [1.54, 1.807) is 18.2 Å². The molecule has 1 fully saturated rings. The number of pyridine rings is 1. The van der Waals surface area contributed by atoms with Crippen molar-refractivity contribution in [3.05, 3.63) is 58.9 Å². The number of nitrogens with one attached hydrogen (secondary N) is 1. The molecule has 1 saturated heterocycles. The molecular weight excluding hydrogens is 342 g/mol. The first-order chi connectivity index (χ1) is 12.1. The number of carbonyl (C=O) groups excluding carboxylic acids is 2. The fourth-order valence-corrected chi connectivity index (χ4v) is 2.73. The van der Waals surface area contributed by atoms with Gasteiger partial charge in [0, 0.05) is 30.5 Å². The van der Waals surface area contributed by atoms with E-state index in [1.807, 2.05) is 17.0 Å². The number of hydrogen-bond acceptors (Lipinski definition) is 4. The lowest BCUT2D eigenvalue weighted by molar-refractivity contribution is -0.134. The standard InChI is InChI=1S/C18H18ClN3O3/c19-16-12-14(5-6-20-16)18(24)21-15-3-1-13(2-4-15)11-17(23)22-7-9-25-10-8-22/h1-6,12H,7-11H2,(H,21,24). The van der Waals surface area contributed by atoms with E-state index in [2.05, 4.69) is 10.3 Å². The third kappa shape index (κ3) is 4.78. The van der Waals surface area contributed by atoms with Crippen molar-refractivity contribution in [3.8, 4) is 0 Å². The molecular formula is C18H18ClN3O3. The second-order valence-corrected chi connectivity index (χ2v) is 6.08. The highest BCUT2D eigenvalue weighted by atomic mass is 35.5. The molecule has 1 aliphatic rings. The van der Waals surface area contributed by atoms with Crippen LogP contribution in [-0.4, -0.2) is 48.0 Å². The first kappa shape index (κ1) is 17.4. The van der Waals surface area contributed by atoms with Crippen molar-refractivity contribution in [1.29, 1.82) is 0 Å². The van der Waals surface area contributed by atoms with Gasteiger partial charge in [-0.15, -0.1) is 0 Å². The largest absolute Gasteiger partial charge is 0.378 e. The molecule has 0 aliphatic carbocycles. The molecule has 3 rings (SSSR count). The Labute approximate surface area is 150 Å². The Bertz CT molecular complexity index is 758. The van der Waals surface area contributed by atoms with E-state index in [1.165, 1.54) is 12.3 Å². The second-order valence-electron chi connectivity index (χ2n) is 5.69. The first-order valence-electron chi connectivity index (χ1n) is 7.99. The van der Waals surface area contributed by atoms with Crippen molar-refractivity contribution in [1.82, 2.24) is 9.88 Å². The molecule has 0 radical (unpaired) electrons. The molecule has 25 heavy (non-hydrogen) atoms. The number of nitrogens with zero attached hydrogens (tertiary/aromatic N) is 2. The van der Waals surface area contributed by atoms with Crippen LogP contribution >= 0.6 is 11.6 Å². The third-order valence-electron chi connectivity index (χ3n) is 3.92. The van der Waals surface area contributed by atoms with E-state index in [0.717, 1.165) is 5.56 Å². The van der Waals surface area contributed by atoms with Crippen LogP contribution in [-0.2, 0) is 16.0 Å². The summed E-state index contributed by atoms with van der Waals surface area (Å²) in [5, 5.41) is 3.06. The molecule has 1 aromatic carbocycles. The molecule has 6 nitrogen and oxygen atoms in total. The van der Waals surface area contributed by atoms with Gasteiger partial charge >= 0.3 is 0 Å². The van der Waals surface area contributed by atoms with Gasteiger partial charge in [0.2, 0.25) is 5.91 Å². The van der Waals surface area contributed by atoms with Gasteiger partial charge in [0.05, 0.1) is 19.6 Å². The summed E-state index contributed by atoms with van der Waals surface area (Å²) in [5.41, 5.74) is 1.99. The summed E-state index contributed by atoms with van der Waals surface area (Å²) >= 11 is 5.79. The van der Waals surface area contributed by atoms with Gasteiger partial charge in [-0.3, -0.25) is 9.59 Å². The van der Waals surface area contributed by atoms with Crippen molar-refractivity contribution in [2.24, 2.45) is 0 Å². The third-order valence-corrected chi connectivity index (χ3v) is 4.13. The van der Waals surface area contributed by atoms with Gasteiger partial charge in [-0.05, 0) is 29.8 Å². The van der Waals surface area contributed by atoms with Gasteiger partial charge in [0.25, 0.3) is 5.91 Å². The van der Waals surface area contributed by atoms with Crippen LogP contribution in [0.2, 0.25) is 5.15 Å². The predicted octanol–water partition coefficient (Wildman–Crippen LogP) is 2.39. The average Bonchev–Trinajstić information content (AvgIpc) is 2.64. The van der Waals surface area contributed by atoms with Crippen LogP contribution in [0.25, 0.3) is 0 Å². The fourth-order valence-electron chi connectivity index (χ4n) is 2.55. The minimum absolute atomic E-state index is 0.0894. The number of halogens is 1. The monoisotopic (exact) mass is 359 g/mol. The number of morpholine rings is 1. The Balaban J connectivity index is 1.58. The highest BCUT2D eigenvalue weighted by molar-refractivity contribution is 6.29. The van der Waals surface area contributed by atoms with Gasteiger partial charge < -0.3 is 15.0 Å².